The van der Waals surface area contributed by atoms with E-state index in [1.54, 1.807) is 6.92 Å². The van der Waals surface area contributed by atoms with Crippen LogP contribution in [-0.2, 0) is 37.9 Å². The molecule has 0 aliphatic rings. The minimum absolute atomic E-state index is 0.0887. The summed E-state index contributed by atoms with van der Waals surface area (Å²) in [6.45, 7) is 20.0. The van der Waals surface area contributed by atoms with Crippen molar-refractivity contribution in [1.29, 1.82) is 0 Å². The van der Waals surface area contributed by atoms with Crippen LogP contribution in [0.2, 0.25) is 0 Å². The third-order valence-electron chi connectivity index (χ3n) is 5.21. The van der Waals surface area contributed by atoms with Gasteiger partial charge in [0.05, 0.1) is 32.0 Å². The molecule has 0 fully saturated rings. The molecule has 10 heteroatoms. The van der Waals surface area contributed by atoms with E-state index in [1.165, 1.54) is 7.11 Å². The molecule has 0 saturated heterocycles. The first-order valence-electron chi connectivity index (χ1n) is 13.4. The molecule has 0 aromatic heterocycles. The SMILES string of the molecule is CCCCOC(OCCC)(OC(C)C)C(C)(OC(OCC(C)C)(OC(C)CC)SF)C(OC)OCC. The number of methoxy groups -OCH3 is 1. The van der Waals surface area contributed by atoms with Crippen LogP contribution < -0.4 is 0 Å². The Bertz CT molecular complexity index is 558. The first kappa shape index (κ1) is 36.0. The Hall–Kier alpha value is -0.0400. The first-order valence-corrected chi connectivity index (χ1v) is 14.1. The lowest BCUT2D eigenvalue weighted by molar-refractivity contribution is -0.511. The highest BCUT2D eigenvalue weighted by atomic mass is 32.2. The van der Waals surface area contributed by atoms with E-state index in [0.717, 1.165) is 12.8 Å². The molecular formula is C26H53FO8S. The minimum atomic E-state index is -2.16. The maximum Gasteiger partial charge on any atom is 0.369 e. The van der Waals surface area contributed by atoms with Gasteiger partial charge in [-0.2, -0.15) is 3.89 Å². The number of halogens is 1. The van der Waals surface area contributed by atoms with Crippen LogP contribution in [0.3, 0.4) is 0 Å². The normalized spacial score (nSPS) is 19.2. The Morgan fingerprint density at radius 1 is 0.861 bits per heavy atom. The van der Waals surface area contributed by atoms with E-state index in [0.29, 0.717) is 19.4 Å². The van der Waals surface area contributed by atoms with Crippen LogP contribution in [0.5, 0.6) is 0 Å². The number of unbranched alkanes of at least 4 members (excludes halogenated alkanes) is 1. The van der Waals surface area contributed by atoms with Crippen molar-refractivity contribution in [2.24, 2.45) is 5.92 Å². The van der Waals surface area contributed by atoms with Gasteiger partial charge < -0.3 is 33.2 Å². The molecule has 0 heterocycles. The largest absolute Gasteiger partial charge is 0.369 e. The van der Waals surface area contributed by atoms with Crippen molar-refractivity contribution in [2.75, 3.05) is 33.5 Å². The predicted octanol–water partition coefficient (Wildman–Crippen LogP) is 6.81. The van der Waals surface area contributed by atoms with E-state index in [1.807, 2.05) is 55.4 Å². The molecule has 0 rings (SSSR count). The molecule has 0 aromatic rings. The van der Waals surface area contributed by atoms with Crippen molar-refractivity contribution in [3.05, 3.63) is 0 Å². The molecule has 8 nitrogen and oxygen atoms in total. The number of hydrogen-bond acceptors (Lipinski definition) is 9. The number of ether oxygens (including phenoxy) is 8. The van der Waals surface area contributed by atoms with E-state index >= 15 is 0 Å². The van der Waals surface area contributed by atoms with Crippen molar-refractivity contribution in [3.8, 4) is 0 Å². The number of hydrogen-bond donors (Lipinski definition) is 0. The molecular weight excluding hydrogens is 491 g/mol. The summed E-state index contributed by atoms with van der Waals surface area (Å²) in [5, 5.41) is -2.16. The van der Waals surface area contributed by atoms with Gasteiger partial charge in [0, 0.05) is 13.7 Å². The van der Waals surface area contributed by atoms with Gasteiger partial charge in [-0.05, 0) is 59.8 Å². The molecule has 0 amide bonds. The Morgan fingerprint density at radius 3 is 1.94 bits per heavy atom. The van der Waals surface area contributed by atoms with Crippen LogP contribution in [0.25, 0.3) is 0 Å². The van der Waals surface area contributed by atoms with E-state index in [2.05, 4.69) is 6.92 Å². The molecule has 0 aliphatic carbocycles. The summed E-state index contributed by atoms with van der Waals surface area (Å²) >= 11 is -0.181. The van der Waals surface area contributed by atoms with Crippen LogP contribution >= 0.6 is 12.1 Å². The summed E-state index contributed by atoms with van der Waals surface area (Å²) in [6, 6.07) is 0. The smallest absolute Gasteiger partial charge is 0.353 e. The topological polar surface area (TPSA) is 73.8 Å². The Morgan fingerprint density at radius 2 is 1.50 bits per heavy atom. The highest BCUT2D eigenvalue weighted by Crippen LogP contribution is 2.46. The van der Waals surface area contributed by atoms with Gasteiger partial charge in [0.1, 0.15) is 12.1 Å². The van der Waals surface area contributed by atoms with E-state index < -0.39 is 23.2 Å². The summed E-state index contributed by atoms with van der Waals surface area (Å²) in [7, 11) is 1.47. The monoisotopic (exact) mass is 544 g/mol. The van der Waals surface area contributed by atoms with Crippen LogP contribution in [-0.4, -0.2) is 68.9 Å². The summed E-state index contributed by atoms with van der Waals surface area (Å²) in [6.07, 6.45) is 1.12. The Balaban J connectivity index is 7.00. The standard InChI is InChI=1S/C26H53FO8S/c1-12-16-18-31-25(30-17-13-2,33-21(7)8)24(10,23(28-11)29-15-4)35-26(36-27,32-19-20(5)6)34-22(9)14-3/h20-23H,12-19H2,1-11H3. The maximum atomic E-state index is 14.9. The second-order valence-electron chi connectivity index (χ2n) is 9.62. The zero-order chi connectivity index (χ0) is 27.8. The van der Waals surface area contributed by atoms with Crippen molar-refractivity contribution in [3.63, 3.8) is 0 Å². The molecule has 218 valence electrons. The first-order chi connectivity index (χ1) is 16.9. The van der Waals surface area contributed by atoms with Crippen molar-refractivity contribution < 1.29 is 41.8 Å². The zero-order valence-electron chi connectivity index (χ0n) is 24.5. The number of rotatable bonds is 23. The molecule has 0 aliphatic heterocycles. The third-order valence-corrected chi connectivity index (χ3v) is 5.70. The fourth-order valence-corrected chi connectivity index (χ4v) is 3.79. The van der Waals surface area contributed by atoms with Gasteiger partial charge in [-0.25, -0.2) is 0 Å². The summed E-state index contributed by atoms with van der Waals surface area (Å²) in [5.41, 5.74) is -1.70. The van der Waals surface area contributed by atoms with Gasteiger partial charge in [0.2, 0.25) is 5.60 Å². The van der Waals surface area contributed by atoms with Gasteiger partial charge in [0.25, 0.3) is 0 Å². The van der Waals surface area contributed by atoms with Crippen LogP contribution in [0, 0.1) is 5.92 Å². The maximum absolute atomic E-state index is 14.9. The summed E-state index contributed by atoms with van der Waals surface area (Å²) in [4.78, 5) is 0. The average molecular weight is 545 g/mol. The van der Waals surface area contributed by atoms with Crippen molar-refractivity contribution >= 4 is 12.1 Å². The lowest BCUT2D eigenvalue weighted by atomic mass is 10.0. The van der Waals surface area contributed by atoms with Crippen LogP contribution in [0.4, 0.5) is 3.89 Å². The summed E-state index contributed by atoms with van der Waals surface area (Å²) < 4.78 is 64.1. The lowest BCUT2D eigenvalue weighted by Crippen LogP contribution is -2.69. The van der Waals surface area contributed by atoms with Crippen molar-refractivity contribution in [1.82, 2.24) is 0 Å². The van der Waals surface area contributed by atoms with Gasteiger partial charge in [-0.15, -0.1) is 0 Å². The third kappa shape index (κ3) is 11.0. The lowest BCUT2D eigenvalue weighted by Gasteiger charge is -2.51. The zero-order valence-corrected chi connectivity index (χ0v) is 25.3. The molecule has 5 unspecified atom stereocenters. The van der Waals surface area contributed by atoms with Gasteiger partial charge in [0.15, 0.2) is 6.29 Å². The van der Waals surface area contributed by atoms with Gasteiger partial charge >= 0.3 is 11.3 Å². The Labute approximate surface area is 223 Å². The second-order valence-corrected chi connectivity index (χ2v) is 10.3. The molecule has 0 bridgehead atoms. The van der Waals surface area contributed by atoms with E-state index in [-0.39, 0.29) is 50.1 Å². The molecule has 0 spiro atoms. The molecule has 5 atom stereocenters. The second kappa shape index (κ2) is 18.3. The van der Waals surface area contributed by atoms with E-state index in [4.69, 9.17) is 37.9 Å². The Kier molecular flexibility index (Phi) is 18.3. The average Bonchev–Trinajstić information content (AvgIpc) is 2.83. The fourth-order valence-electron chi connectivity index (χ4n) is 3.27. The molecule has 0 N–H and O–H groups in total. The van der Waals surface area contributed by atoms with Crippen LogP contribution in [0.1, 0.15) is 94.9 Å². The molecule has 0 saturated carbocycles. The van der Waals surface area contributed by atoms with Gasteiger partial charge in [-0.3, -0.25) is 4.74 Å². The molecule has 0 aromatic carbocycles. The molecule has 0 radical (unpaired) electrons. The van der Waals surface area contributed by atoms with E-state index in [9.17, 15) is 3.89 Å². The van der Waals surface area contributed by atoms with Crippen LogP contribution in [0.15, 0.2) is 0 Å². The highest BCUT2D eigenvalue weighted by Gasteiger charge is 2.64. The summed E-state index contributed by atoms with van der Waals surface area (Å²) in [5.74, 6) is -1.74. The van der Waals surface area contributed by atoms with Gasteiger partial charge in [-0.1, -0.05) is 41.0 Å². The highest BCUT2D eigenvalue weighted by molar-refractivity contribution is 7.95. The fraction of sp³-hybridized carbons (Fsp3) is 1.00. The van der Waals surface area contributed by atoms with Crippen molar-refractivity contribution in [2.45, 2.75) is 130 Å². The molecule has 36 heavy (non-hydrogen) atoms. The predicted molar refractivity (Wildman–Crippen MR) is 141 cm³/mol. The minimum Gasteiger partial charge on any atom is -0.353 e. The quantitative estimate of drug-likeness (QED) is 0.102.